The summed E-state index contributed by atoms with van der Waals surface area (Å²) in [5.74, 6) is 0. The molecule has 1 heterocycles. The van der Waals surface area contributed by atoms with E-state index in [1.54, 1.807) is 0 Å². The van der Waals surface area contributed by atoms with Crippen LogP contribution in [0.4, 0.5) is 5.69 Å². The van der Waals surface area contributed by atoms with E-state index in [4.69, 9.17) is 0 Å². The molecule has 2 aromatic carbocycles. The minimum absolute atomic E-state index is 0.989. The molecule has 0 spiro atoms. The second kappa shape index (κ2) is 6.55. The van der Waals surface area contributed by atoms with Gasteiger partial charge in [0.25, 0.3) is 5.01 Å². The van der Waals surface area contributed by atoms with Gasteiger partial charge in [-0.15, -0.1) is 0 Å². The van der Waals surface area contributed by atoms with Crippen LogP contribution >= 0.6 is 11.3 Å². The molecule has 118 valence electrons. The number of aryl methyl sites for hydroxylation is 1. The molecular formula is C20H23N2S+. The third-order valence-corrected chi connectivity index (χ3v) is 5.24. The second-order valence-electron chi connectivity index (χ2n) is 5.92. The minimum atomic E-state index is 0.989. The van der Waals surface area contributed by atoms with Crippen molar-refractivity contribution in [2.45, 2.75) is 20.4 Å². The topological polar surface area (TPSA) is 7.12 Å². The number of benzene rings is 2. The molecule has 0 radical (unpaired) electrons. The van der Waals surface area contributed by atoms with Crippen molar-refractivity contribution in [2.75, 3.05) is 19.0 Å². The molecule has 3 aromatic rings. The van der Waals surface area contributed by atoms with Crippen LogP contribution < -0.4 is 9.47 Å². The van der Waals surface area contributed by atoms with E-state index in [-0.39, 0.29) is 0 Å². The predicted molar refractivity (Wildman–Crippen MR) is 102 cm³/mol. The van der Waals surface area contributed by atoms with Crippen molar-refractivity contribution in [1.29, 1.82) is 0 Å². The fourth-order valence-corrected chi connectivity index (χ4v) is 4.01. The van der Waals surface area contributed by atoms with E-state index < -0.39 is 0 Å². The number of para-hydroxylation sites is 1. The average molecular weight is 323 g/mol. The average Bonchev–Trinajstić information content (AvgIpc) is 2.91. The number of hydrogen-bond donors (Lipinski definition) is 0. The van der Waals surface area contributed by atoms with Crippen molar-refractivity contribution in [2.24, 2.45) is 0 Å². The smallest absolute Gasteiger partial charge is 0.263 e. The van der Waals surface area contributed by atoms with Gasteiger partial charge in [0.2, 0.25) is 5.52 Å². The third-order valence-electron chi connectivity index (χ3n) is 4.13. The predicted octanol–water partition coefficient (Wildman–Crippen LogP) is 4.84. The standard InChI is InChI=1S/C20H23N2S/c1-5-22-18-8-6-7-9-19(18)23-20(22)14-15(2)16-10-12-17(13-11-16)21(3)4/h6-14H,5H2,1-4H3/q+1. The Hall–Kier alpha value is -2.13. The van der Waals surface area contributed by atoms with E-state index in [1.165, 1.54) is 32.0 Å². The largest absolute Gasteiger partial charge is 0.378 e. The summed E-state index contributed by atoms with van der Waals surface area (Å²) in [4.78, 5) is 2.12. The third kappa shape index (κ3) is 3.15. The highest BCUT2D eigenvalue weighted by molar-refractivity contribution is 7.18. The van der Waals surface area contributed by atoms with Crippen LogP contribution in [0.15, 0.2) is 48.5 Å². The van der Waals surface area contributed by atoms with E-state index in [0.29, 0.717) is 0 Å². The SMILES string of the molecule is CC[n+]1c(C=C(C)c2ccc(N(C)C)cc2)sc2ccccc21. The van der Waals surface area contributed by atoms with Crippen LogP contribution in [0.5, 0.6) is 0 Å². The fraction of sp³-hybridized carbons (Fsp3) is 0.250. The lowest BCUT2D eigenvalue weighted by Gasteiger charge is -2.12. The summed E-state index contributed by atoms with van der Waals surface area (Å²) in [5.41, 5.74) is 5.12. The molecule has 0 aliphatic heterocycles. The highest BCUT2D eigenvalue weighted by Gasteiger charge is 2.16. The van der Waals surface area contributed by atoms with Crippen molar-refractivity contribution in [3.63, 3.8) is 0 Å². The van der Waals surface area contributed by atoms with Crippen LogP contribution in [0, 0.1) is 0 Å². The number of rotatable bonds is 4. The molecule has 2 nitrogen and oxygen atoms in total. The van der Waals surface area contributed by atoms with Gasteiger partial charge in [0.05, 0.1) is 0 Å². The monoisotopic (exact) mass is 323 g/mol. The molecule has 0 saturated heterocycles. The fourth-order valence-electron chi connectivity index (χ4n) is 2.78. The molecule has 0 saturated carbocycles. The van der Waals surface area contributed by atoms with Crippen LogP contribution in [0.1, 0.15) is 24.4 Å². The van der Waals surface area contributed by atoms with Gasteiger partial charge in [0, 0.05) is 31.9 Å². The van der Waals surface area contributed by atoms with Crippen molar-refractivity contribution in [1.82, 2.24) is 0 Å². The minimum Gasteiger partial charge on any atom is -0.378 e. The quantitative estimate of drug-likeness (QED) is 0.623. The van der Waals surface area contributed by atoms with E-state index in [9.17, 15) is 0 Å². The first-order valence-electron chi connectivity index (χ1n) is 7.97. The van der Waals surface area contributed by atoms with Crippen LogP contribution in [-0.4, -0.2) is 14.1 Å². The summed E-state index contributed by atoms with van der Waals surface area (Å²) in [6.45, 7) is 5.38. The summed E-state index contributed by atoms with van der Waals surface area (Å²) in [6.07, 6.45) is 2.30. The van der Waals surface area contributed by atoms with Crippen molar-refractivity contribution < 1.29 is 4.57 Å². The highest BCUT2D eigenvalue weighted by atomic mass is 32.1. The summed E-state index contributed by atoms with van der Waals surface area (Å²) < 4.78 is 3.73. The molecule has 0 atom stereocenters. The molecule has 0 fully saturated rings. The van der Waals surface area contributed by atoms with Gasteiger partial charge < -0.3 is 4.90 Å². The Kier molecular flexibility index (Phi) is 4.49. The number of nitrogens with zero attached hydrogens (tertiary/aromatic N) is 2. The summed E-state index contributed by atoms with van der Waals surface area (Å²) in [6, 6.07) is 17.4. The maximum atomic E-state index is 2.39. The van der Waals surface area contributed by atoms with Gasteiger partial charge >= 0.3 is 0 Å². The number of allylic oxidation sites excluding steroid dienone is 1. The Bertz CT molecular complexity index is 842. The molecule has 0 bridgehead atoms. The first-order chi connectivity index (χ1) is 11.1. The van der Waals surface area contributed by atoms with E-state index in [2.05, 4.69) is 92.0 Å². The summed E-state index contributed by atoms with van der Waals surface area (Å²) in [5, 5.41) is 1.31. The van der Waals surface area contributed by atoms with Gasteiger partial charge in [0.15, 0.2) is 0 Å². The first-order valence-corrected chi connectivity index (χ1v) is 8.79. The Labute approximate surface area is 142 Å². The molecular weight excluding hydrogens is 300 g/mol. The molecule has 3 rings (SSSR count). The summed E-state index contributed by atoms with van der Waals surface area (Å²) >= 11 is 1.86. The number of anilines is 1. The lowest BCUT2D eigenvalue weighted by Crippen LogP contribution is -2.33. The lowest BCUT2D eigenvalue weighted by molar-refractivity contribution is -0.665. The Morgan fingerprint density at radius 2 is 1.78 bits per heavy atom. The molecule has 3 heteroatoms. The van der Waals surface area contributed by atoms with Crippen molar-refractivity contribution in [3.8, 4) is 0 Å². The second-order valence-corrected chi connectivity index (χ2v) is 6.98. The molecule has 23 heavy (non-hydrogen) atoms. The van der Waals surface area contributed by atoms with Gasteiger partial charge in [0.1, 0.15) is 11.2 Å². The number of aromatic nitrogens is 1. The van der Waals surface area contributed by atoms with Crippen molar-refractivity contribution in [3.05, 3.63) is 59.1 Å². The van der Waals surface area contributed by atoms with E-state index in [1.807, 2.05) is 11.3 Å². The van der Waals surface area contributed by atoms with Gasteiger partial charge in [-0.05, 0) is 43.2 Å². The zero-order valence-corrected chi connectivity index (χ0v) is 15.0. The van der Waals surface area contributed by atoms with Gasteiger partial charge in [-0.2, -0.15) is 4.57 Å². The highest BCUT2D eigenvalue weighted by Crippen LogP contribution is 2.25. The van der Waals surface area contributed by atoms with Crippen LogP contribution in [0.3, 0.4) is 0 Å². The molecule has 0 aliphatic carbocycles. The van der Waals surface area contributed by atoms with Crippen LogP contribution in [-0.2, 0) is 6.54 Å². The number of hydrogen-bond acceptors (Lipinski definition) is 2. The first kappa shape index (κ1) is 15.8. The number of thiazole rings is 1. The zero-order valence-electron chi connectivity index (χ0n) is 14.2. The Morgan fingerprint density at radius 3 is 2.43 bits per heavy atom. The Morgan fingerprint density at radius 1 is 1.09 bits per heavy atom. The zero-order chi connectivity index (χ0) is 16.4. The van der Waals surface area contributed by atoms with Gasteiger partial charge in [-0.25, -0.2) is 0 Å². The summed E-state index contributed by atoms with van der Waals surface area (Å²) in [7, 11) is 4.14. The van der Waals surface area contributed by atoms with E-state index in [0.717, 1.165) is 6.54 Å². The number of fused-ring (bicyclic) bond motifs is 1. The Balaban J connectivity index is 2.00. The lowest BCUT2D eigenvalue weighted by atomic mass is 10.1. The maximum Gasteiger partial charge on any atom is 0.263 e. The van der Waals surface area contributed by atoms with E-state index >= 15 is 0 Å². The molecule has 1 aromatic heterocycles. The molecule has 0 amide bonds. The maximum absolute atomic E-state index is 2.39. The van der Waals surface area contributed by atoms with Crippen molar-refractivity contribution >= 4 is 38.9 Å². The van der Waals surface area contributed by atoms with Gasteiger partial charge in [-0.1, -0.05) is 35.6 Å². The molecule has 0 aliphatic rings. The molecule has 0 unspecified atom stereocenters. The van der Waals surface area contributed by atoms with Crippen LogP contribution in [0.25, 0.3) is 21.9 Å². The normalized spacial score (nSPS) is 11.9. The molecule has 0 N–H and O–H groups in total. The van der Waals surface area contributed by atoms with Crippen LogP contribution in [0.2, 0.25) is 0 Å². The van der Waals surface area contributed by atoms with Gasteiger partial charge in [-0.3, -0.25) is 0 Å².